The lowest BCUT2D eigenvalue weighted by atomic mass is 9.91. The van der Waals surface area contributed by atoms with Crippen molar-refractivity contribution in [2.75, 3.05) is 18.3 Å². The van der Waals surface area contributed by atoms with Crippen LogP contribution in [0.2, 0.25) is 0 Å². The Labute approximate surface area is 174 Å². The number of hydrogen-bond acceptors (Lipinski definition) is 6. The molecule has 1 atom stereocenters. The van der Waals surface area contributed by atoms with Crippen LogP contribution in [0.15, 0.2) is 53.8 Å². The molecule has 0 fully saturated rings. The average molecular weight is 409 g/mol. The quantitative estimate of drug-likeness (QED) is 0.778. The Balaban J connectivity index is 1.85. The number of nitrogens with zero attached hydrogens (tertiary/aromatic N) is 1. The number of ketones is 1. The molecular weight excluding hydrogens is 386 g/mol. The number of ether oxygens (including phenoxy) is 3. The fourth-order valence-corrected chi connectivity index (χ4v) is 3.73. The monoisotopic (exact) mass is 409 g/mol. The number of carbonyl (C=O) groups is 2. The highest BCUT2D eigenvalue weighted by atomic mass is 16.7. The van der Waals surface area contributed by atoms with Crippen LogP contribution in [0.4, 0.5) is 5.69 Å². The van der Waals surface area contributed by atoms with Crippen LogP contribution in [-0.4, -0.2) is 30.2 Å². The predicted molar refractivity (Wildman–Crippen MR) is 110 cm³/mol. The van der Waals surface area contributed by atoms with Crippen LogP contribution in [0.5, 0.6) is 17.2 Å². The van der Waals surface area contributed by atoms with E-state index >= 15 is 0 Å². The Morgan fingerprint density at radius 2 is 1.97 bits per heavy atom. The van der Waals surface area contributed by atoms with E-state index in [-0.39, 0.29) is 24.1 Å². The summed E-state index contributed by atoms with van der Waals surface area (Å²) in [5.74, 6) is -0.125. The Morgan fingerprint density at radius 3 is 2.70 bits per heavy atom. The molecule has 0 spiro atoms. The maximum absolute atomic E-state index is 13.1. The van der Waals surface area contributed by atoms with Gasteiger partial charge in [0.25, 0.3) is 5.91 Å². The number of Topliss-reactive ketones (excluding diaryl/α,β-unsaturated/α-hetero) is 1. The highest BCUT2D eigenvalue weighted by Gasteiger charge is 2.45. The molecule has 1 N–H and O–H groups in total. The summed E-state index contributed by atoms with van der Waals surface area (Å²) in [6, 6.07) is 11.5. The maximum atomic E-state index is 13.1. The zero-order valence-corrected chi connectivity index (χ0v) is 17.0. The Kier molecular flexibility index (Phi) is 5.11. The van der Waals surface area contributed by atoms with Crippen LogP contribution in [0.3, 0.4) is 0 Å². The minimum absolute atomic E-state index is 0.0846. The third-order valence-electron chi connectivity index (χ3n) is 5.12. The normalized spacial score (nSPS) is 17.8. The first-order valence-corrected chi connectivity index (χ1v) is 9.85. The van der Waals surface area contributed by atoms with Crippen LogP contribution in [-0.2, 0) is 9.59 Å². The molecule has 0 aliphatic carbocycles. The topological polar surface area (TPSA) is 85.3 Å². The minimum Gasteiger partial charge on any atom is -0.503 e. The van der Waals surface area contributed by atoms with Crippen molar-refractivity contribution in [3.05, 3.63) is 59.4 Å². The van der Waals surface area contributed by atoms with E-state index in [9.17, 15) is 14.7 Å². The summed E-state index contributed by atoms with van der Waals surface area (Å²) in [7, 11) is 0. The van der Waals surface area contributed by atoms with Crippen molar-refractivity contribution < 1.29 is 28.9 Å². The second kappa shape index (κ2) is 7.74. The maximum Gasteiger partial charge on any atom is 0.294 e. The van der Waals surface area contributed by atoms with Crippen LogP contribution in [0.1, 0.15) is 32.4 Å². The molecule has 1 amide bonds. The lowest BCUT2D eigenvalue weighted by molar-refractivity contribution is -0.119. The number of fused-ring (bicyclic) bond motifs is 1. The minimum atomic E-state index is -0.784. The fourth-order valence-electron chi connectivity index (χ4n) is 3.73. The van der Waals surface area contributed by atoms with Gasteiger partial charge in [-0.05, 0) is 36.8 Å². The smallest absolute Gasteiger partial charge is 0.294 e. The number of rotatable bonds is 6. The molecule has 156 valence electrons. The molecule has 4 rings (SSSR count). The average Bonchev–Trinajstić information content (AvgIpc) is 3.30. The molecule has 0 saturated carbocycles. The molecule has 0 radical (unpaired) electrons. The van der Waals surface area contributed by atoms with Crippen molar-refractivity contribution in [2.24, 2.45) is 5.92 Å². The zero-order chi connectivity index (χ0) is 21.4. The molecule has 0 saturated heterocycles. The molecular formula is C23H23NO6. The van der Waals surface area contributed by atoms with Crippen molar-refractivity contribution in [3.63, 3.8) is 0 Å². The van der Waals surface area contributed by atoms with Crippen LogP contribution >= 0.6 is 0 Å². The highest BCUT2D eigenvalue weighted by molar-refractivity contribution is 6.17. The largest absolute Gasteiger partial charge is 0.503 e. The lowest BCUT2D eigenvalue weighted by Crippen LogP contribution is -2.31. The summed E-state index contributed by atoms with van der Waals surface area (Å²) < 4.78 is 16.4. The number of anilines is 1. The molecule has 2 aromatic carbocycles. The van der Waals surface area contributed by atoms with Crippen LogP contribution in [0, 0.1) is 5.92 Å². The molecule has 2 heterocycles. The first-order chi connectivity index (χ1) is 14.4. The number of aliphatic hydroxyl groups excluding tert-OH is 1. The Bertz CT molecular complexity index is 1040. The van der Waals surface area contributed by atoms with Gasteiger partial charge in [-0.25, -0.2) is 0 Å². The molecule has 7 nitrogen and oxygen atoms in total. The number of benzene rings is 2. The number of hydrogen-bond donors (Lipinski definition) is 1. The fraction of sp³-hybridized carbons (Fsp3) is 0.304. The molecule has 30 heavy (non-hydrogen) atoms. The predicted octanol–water partition coefficient (Wildman–Crippen LogP) is 3.94. The molecule has 7 heteroatoms. The first kappa shape index (κ1) is 19.8. The summed E-state index contributed by atoms with van der Waals surface area (Å²) in [6.07, 6.45) is 0. The van der Waals surface area contributed by atoms with Crippen molar-refractivity contribution >= 4 is 17.4 Å². The standard InChI is InChI=1S/C23H23NO6/c1-4-28-16-7-5-6-14(10-16)20-19(21(25)13(2)3)22(26)23(27)24(20)15-8-9-17-18(11-15)30-12-29-17/h5-11,13,20,26H,4,12H2,1-3H3. The Hall–Kier alpha value is -3.48. The third-order valence-corrected chi connectivity index (χ3v) is 5.12. The molecule has 0 aromatic heterocycles. The van der Waals surface area contributed by atoms with Crippen LogP contribution in [0.25, 0.3) is 0 Å². The number of aliphatic hydroxyl groups is 1. The van der Waals surface area contributed by atoms with Crippen molar-refractivity contribution in [2.45, 2.75) is 26.8 Å². The van der Waals surface area contributed by atoms with Gasteiger partial charge in [0.1, 0.15) is 5.75 Å². The van der Waals surface area contributed by atoms with E-state index in [0.29, 0.717) is 35.1 Å². The number of amides is 1. The van der Waals surface area contributed by atoms with Gasteiger partial charge < -0.3 is 19.3 Å². The summed E-state index contributed by atoms with van der Waals surface area (Å²) in [5.41, 5.74) is 1.25. The van der Waals surface area contributed by atoms with E-state index in [4.69, 9.17) is 14.2 Å². The van der Waals surface area contributed by atoms with Gasteiger partial charge in [0.2, 0.25) is 6.79 Å². The van der Waals surface area contributed by atoms with Gasteiger partial charge in [-0.1, -0.05) is 26.0 Å². The molecule has 2 aliphatic heterocycles. The van der Waals surface area contributed by atoms with Crippen molar-refractivity contribution in [1.82, 2.24) is 0 Å². The number of carbonyl (C=O) groups excluding carboxylic acids is 2. The molecule has 2 aliphatic rings. The van der Waals surface area contributed by atoms with Gasteiger partial charge in [-0.3, -0.25) is 14.5 Å². The van der Waals surface area contributed by atoms with E-state index in [1.54, 1.807) is 44.2 Å². The van der Waals surface area contributed by atoms with Gasteiger partial charge in [0.15, 0.2) is 23.0 Å². The van der Waals surface area contributed by atoms with Gasteiger partial charge in [-0.15, -0.1) is 0 Å². The van der Waals surface area contributed by atoms with Gasteiger partial charge in [0, 0.05) is 17.7 Å². The van der Waals surface area contributed by atoms with Crippen LogP contribution < -0.4 is 19.1 Å². The second-order valence-electron chi connectivity index (χ2n) is 7.40. The molecule has 1 unspecified atom stereocenters. The summed E-state index contributed by atoms with van der Waals surface area (Å²) in [4.78, 5) is 27.5. The van der Waals surface area contributed by atoms with Gasteiger partial charge in [0.05, 0.1) is 18.2 Å². The first-order valence-electron chi connectivity index (χ1n) is 9.85. The van der Waals surface area contributed by atoms with E-state index in [0.717, 1.165) is 0 Å². The SMILES string of the molecule is CCOc1cccc(C2C(C(=O)C(C)C)=C(O)C(=O)N2c2ccc3c(c2)OCO3)c1. The van der Waals surface area contributed by atoms with E-state index < -0.39 is 17.7 Å². The summed E-state index contributed by atoms with van der Waals surface area (Å²) >= 11 is 0. The third kappa shape index (κ3) is 3.26. The molecule has 2 aromatic rings. The van der Waals surface area contributed by atoms with Crippen molar-refractivity contribution in [3.8, 4) is 17.2 Å². The van der Waals surface area contributed by atoms with Gasteiger partial charge in [-0.2, -0.15) is 0 Å². The zero-order valence-electron chi connectivity index (χ0n) is 17.0. The molecule has 0 bridgehead atoms. The highest BCUT2D eigenvalue weighted by Crippen LogP contribution is 2.45. The summed E-state index contributed by atoms with van der Waals surface area (Å²) in [6.45, 7) is 5.95. The van der Waals surface area contributed by atoms with Crippen molar-refractivity contribution in [1.29, 1.82) is 0 Å². The van der Waals surface area contributed by atoms with E-state index in [1.165, 1.54) is 4.90 Å². The second-order valence-corrected chi connectivity index (χ2v) is 7.40. The lowest BCUT2D eigenvalue weighted by Gasteiger charge is -2.27. The summed E-state index contributed by atoms with van der Waals surface area (Å²) in [5, 5.41) is 10.7. The van der Waals surface area contributed by atoms with Gasteiger partial charge >= 0.3 is 0 Å². The van der Waals surface area contributed by atoms with E-state index in [1.807, 2.05) is 19.1 Å². The Morgan fingerprint density at radius 1 is 1.20 bits per heavy atom. The van der Waals surface area contributed by atoms with E-state index in [2.05, 4.69) is 0 Å².